The molecule has 1 aromatic carbocycles. The van der Waals surface area contributed by atoms with E-state index in [2.05, 4.69) is 34.6 Å². The smallest absolute Gasteiger partial charge is 0.231 e. The SMILES string of the molecule is CC1(C)C[C@]1(C(=O)NCCc1cn[nH]n1)c1ccccc1. The molecule has 0 aliphatic heterocycles. The lowest BCUT2D eigenvalue weighted by Crippen LogP contribution is -2.38. The van der Waals surface area contributed by atoms with Crippen LogP contribution in [0.1, 0.15) is 31.5 Å². The Labute approximate surface area is 124 Å². The van der Waals surface area contributed by atoms with Gasteiger partial charge < -0.3 is 5.32 Å². The van der Waals surface area contributed by atoms with Crippen molar-refractivity contribution in [2.45, 2.75) is 32.1 Å². The molecule has 0 unspecified atom stereocenters. The highest BCUT2D eigenvalue weighted by Crippen LogP contribution is 2.64. The van der Waals surface area contributed by atoms with Crippen LogP contribution in [0.25, 0.3) is 0 Å². The van der Waals surface area contributed by atoms with Crippen LogP contribution in [0.4, 0.5) is 0 Å². The zero-order chi connectivity index (χ0) is 14.9. The third kappa shape index (κ3) is 2.33. The molecule has 1 aromatic heterocycles. The van der Waals surface area contributed by atoms with Crippen molar-refractivity contribution in [2.75, 3.05) is 6.54 Å². The van der Waals surface area contributed by atoms with Gasteiger partial charge in [0.1, 0.15) is 0 Å². The van der Waals surface area contributed by atoms with E-state index in [-0.39, 0.29) is 11.3 Å². The van der Waals surface area contributed by atoms with Gasteiger partial charge in [0.05, 0.1) is 17.3 Å². The summed E-state index contributed by atoms with van der Waals surface area (Å²) in [5, 5.41) is 13.4. The zero-order valence-electron chi connectivity index (χ0n) is 12.4. The van der Waals surface area contributed by atoms with Crippen LogP contribution in [-0.4, -0.2) is 27.9 Å². The minimum atomic E-state index is -0.391. The number of amides is 1. The molecule has 2 aromatic rings. The van der Waals surface area contributed by atoms with Crippen LogP contribution in [-0.2, 0) is 16.6 Å². The first kappa shape index (κ1) is 13.8. The molecule has 0 bridgehead atoms. The van der Waals surface area contributed by atoms with Crippen LogP contribution in [0.5, 0.6) is 0 Å². The Morgan fingerprint density at radius 1 is 1.33 bits per heavy atom. The van der Waals surface area contributed by atoms with Gasteiger partial charge in [-0.3, -0.25) is 4.79 Å². The number of nitrogens with one attached hydrogen (secondary N) is 2. The summed E-state index contributed by atoms with van der Waals surface area (Å²) in [6.45, 7) is 4.88. The van der Waals surface area contributed by atoms with Gasteiger partial charge in [0.2, 0.25) is 5.91 Å². The van der Waals surface area contributed by atoms with E-state index in [9.17, 15) is 4.79 Å². The Balaban J connectivity index is 1.69. The summed E-state index contributed by atoms with van der Waals surface area (Å²) < 4.78 is 0. The molecule has 1 aliphatic carbocycles. The van der Waals surface area contributed by atoms with Gasteiger partial charge in [-0.2, -0.15) is 15.4 Å². The van der Waals surface area contributed by atoms with Crippen molar-refractivity contribution in [3.05, 3.63) is 47.8 Å². The second-order valence-electron chi connectivity index (χ2n) is 6.30. The van der Waals surface area contributed by atoms with Gasteiger partial charge in [-0.05, 0) is 17.4 Å². The molecule has 110 valence electrons. The Bertz CT molecular complexity index is 621. The van der Waals surface area contributed by atoms with Crippen molar-refractivity contribution in [1.82, 2.24) is 20.7 Å². The van der Waals surface area contributed by atoms with Crippen LogP contribution in [0.2, 0.25) is 0 Å². The van der Waals surface area contributed by atoms with Crippen LogP contribution >= 0.6 is 0 Å². The number of rotatable bonds is 5. The van der Waals surface area contributed by atoms with Gasteiger partial charge in [0, 0.05) is 13.0 Å². The first-order valence-corrected chi connectivity index (χ1v) is 7.25. The fraction of sp³-hybridized carbons (Fsp3) is 0.438. The van der Waals surface area contributed by atoms with E-state index < -0.39 is 5.41 Å². The Morgan fingerprint density at radius 2 is 2.05 bits per heavy atom. The van der Waals surface area contributed by atoms with E-state index in [1.807, 2.05) is 30.3 Å². The van der Waals surface area contributed by atoms with E-state index in [0.29, 0.717) is 13.0 Å². The highest BCUT2D eigenvalue weighted by atomic mass is 16.2. The molecule has 1 fully saturated rings. The summed E-state index contributed by atoms with van der Waals surface area (Å²) in [6.07, 6.45) is 3.26. The molecule has 5 nitrogen and oxygen atoms in total. The standard InChI is InChI=1S/C16H20N4O/c1-15(2)11-16(15,12-6-4-3-5-7-12)14(21)17-9-8-13-10-18-20-19-13/h3-7,10H,8-9,11H2,1-2H3,(H,17,21)(H,18,19,20)/t16-/m1/s1. The molecule has 0 saturated heterocycles. The summed E-state index contributed by atoms with van der Waals surface area (Å²) in [7, 11) is 0. The maximum Gasteiger partial charge on any atom is 0.231 e. The molecular formula is C16H20N4O. The highest BCUT2D eigenvalue weighted by molar-refractivity contribution is 5.93. The largest absolute Gasteiger partial charge is 0.355 e. The average Bonchev–Trinajstić information content (AvgIpc) is 2.85. The average molecular weight is 284 g/mol. The second-order valence-corrected chi connectivity index (χ2v) is 6.30. The van der Waals surface area contributed by atoms with Crippen molar-refractivity contribution >= 4 is 5.91 Å². The molecule has 0 radical (unpaired) electrons. The highest BCUT2D eigenvalue weighted by Gasteiger charge is 2.66. The lowest BCUT2D eigenvalue weighted by atomic mass is 9.87. The number of carbonyl (C=O) groups excluding carboxylic acids is 1. The number of H-pyrrole nitrogens is 1. The van der Waals surface area contributed by atoms with Gasteiger partial charge >= 0.3 is 0 Å². The Kier molecular flexibility index (Phi) is 3.27. The van der Waals surface area contributed by atoms with Crippen LogP contribution in [0.3, 0.4) is 0 Å². The molecule has 5 heteroatoms. The first-order valence-electron chi connectivity index (χ1n) is 7.25. The number of aromatic nitrogens is 3. The Morgan fingerprint density at radius 3 is 2.62 bits per heavy atom. The fourth-order valence-electron chi connectivity index (χ4n) is 3.15. The van der Waals surface area contributed by atoms with E-state index in [4.69, 9.17) is 0 Å². The summed E-state index contributed by atoms with van der Waals surface area (Å²) in [5.41, 5.74) is 1.58. The minimum absolute atomic E-state index is 0.00628. The lowest BCUT2D eigenvalue weighted by molar-refractivity contribution is -0.124. The monoisotopic (exact) mass is 284 g/mol. The van der Waals surface area contributed by atoms with E-state index in [1.54, 1.807) is 6.20 Å². The quantitative estimate of drug-likeness (QED) is 0.880. The molecule has 1 saturated carbocycles. The van der Waals surface area contributed by atoms with Gasteiger partial charge in [0.15, 0.2) is 0 Å². The number of aromatic amines is 1. The predicted octanol–water partition coefficient (Wildman–Crippen LogP) is 1.83. The van der Waals surface area contributed by atoms with Crippen molar-refractivity contribution in [1.29, 1.82) is 0 Å². The van der Waals surface area contributed by atoms with Gasteiger partial charge in [-0.25, -0.2) is 0 Å². The van der Waals surface area contributed by atoms with Crippen molar-refractivity contribution in [3.63, 3.8) is 0 Å². The van der Waals surface area contributed by atoms with Crippen LogP contribution in [0.15, 0.2) is 36.5 Å². The fourth-order valence-corrected chi connectivity index (χ4v) is 3.15. The molecule has 21 heavy (non-hydrogen) atoms. The maximum atomic E-state index is 12.7. The van der Waals surface area contributed by atoms with Crippen molar-refractivity contribution in [2.24, 2.45) is 5.41 Å². The van der Waals surface area contributed by atoms with Gasteiger partial charge in [0.25, 0.3) is 0 Å². The number of hydrogen-bond donors (Lipinski definition) is 2. The maximum absolute atomic E-state index is 12.7. The topological polar surface area (TPSA) is 70.7 Å². The third-order valence-corrected chi connectivity index (χ3v) is 4.52. The van der Waals surface area contributed by atoms with E-state index in [0.717, 1.165) is 17.7 Å². The first-order chi connectivity index (χ1) is 10.1. The molecule has 2 N–H and O–H groups in total. The number of benzene rings is 1. The number of carbonyl (C=O) groups is 1. The summed E-state index contributed by atoms with van der Waals surface area (Å²) >= 11 is 0. The molecule has 1 amide bonds. The van der Waals surface area contributed by atoms with Crippen molar-refractivity contribution < 1.29 is 4.79 Å². The lowest BCUT2D eigenvalue weighted by Gasteiger charge is -2.20. The summed E-state index contributed by atoms with van der Waals surface area (Å²) in [5.74, 6) is 0.113. The Hall–Kier alpha value is -2.17. The van der Waals surface area contributed by atoms with E-state index >= 15 is 0 Å². The molecule has 1 aliphatic rings. The molecule has 1 heterocycles. The van der Waals surface area contributed by atoms with Gasteiger partial charge in [-0.15, -0.1) is 0 Å². The third-order valence-electron chi connectivity index (χ3n) is 4.52. The summed E-state index contributed by atoms with van der Waals surface area (Å²) in [6, 6.07) is 10.1. The predicted molar refractivity (Wildman–Crippen MR) is 79.6 cm³/mol. The van der Waals surface area contributed by atoms with Crippen molar-refractivity contribution in [3.8, 4) is 0 Å². The molecule has 1 atom stereocenters. The number of nitrogens with zero attached hydrogens (tertiary/aromatic N) is 2. The molecular weight excluding hydrogens is 264 g/mol. The molecule has 3 rings (SSSR count). The molecule has 0 spiro atoms. The second kappa shape index (κ2) is 4.98. The zero-order valence-corrected chi connectivity index (χ0v) is 12.4. The van der Waals surface area contributed by atoms with Crippen LogP contribution < -0.4 is 5.32 Å². The van der Waals surface area contributed by atoms with E-state index in [1.165, 1.54) is 0 Å². The van der Waals surface area contributed by atoms with Gasteiger partial charge in [-0.1, -0.05) is 44.2 Å². The minimum Gasteiger partial charge on any atom is -0.355 e. The summed E-state index contributed by atoms with van der Waals surface area (Å²) in [4.78, 5) is 12.7. The van der Waals surface area contributed by atoms with Crippen LogP contribution in [0, 0.1) is 5.41 Å². The normalized spacial score (nSPS) is 22.8. The number of hydrogen-bond acceptors (Lipinski definition) is 3.